The standard InChI is InChI=1S/C10H9OS/c1-2-11-10-7-8-5-3-4-6-9(8)12-10/h3-7H,1-2H2. The predicted octanol–water partition coefficient (Wildman–Crippen LogP) is 3.11. The maximum atomic E-state index is 5.30. The molecule has 0 saturated heterocycles. The Morgan fingerprint density at radius 2 is 2.17 bits per heavy atom. The number of rotatable bonds is 2. The van der Waals surface area contributed by atoms with E-state index in [1.807, 2.05) is 18.2 Å². The largest absolute Gasteiger partial charge is 0.484 e. The molecule has 2 heteroatoms. The first kappa shape index (κ1) is 7.62. The van der Waals surface area contributed by atoms with Gasteiger partial charge in [-0.3, -0.25) is 0 Å². The molecule has 0 unspecified atom stereocenters. The number of benzene rings is 1. The van der Waals surface area contributed by atoms with E-state index in [4.69, 9.17) is 4.74 Å². The van der Waals surface area contributed by atoms with Crippen LogP contribution in [0.3, 0.4) is 0 Å². The first-order valence-electron chi connectivity index (χ1n) is 3.81. The minimum Gasteiger partial charge on any atom is -0.484 e. The summed E-state index contributed by atoms with van der Waals surface area (Å²) in [5, 5.41) is 2.19. The quantitative estimate of drug-likeness (QED) is 0.684. The molecule has 0 saturated carbocycles. The lowest BCUT2D eigenvalue weighted by molar-refractivity contribution is 0.372. The van der Waals surface area contributed by atoms with Gasteiger partial charge in [0.15, 0.2) is 5.06 Å². The van der Waals surface area contributed by atoms with Crippen molar-refractivity contribution >= 4 is 21.4 Å². The van der Waals surface area contributed by atoms with Gasteiger partial charge in [0.1, 0.15) is 0 Å². The zero-order chi connectivity index (χ0) is 8.39. The number of ether oxygens (including phenoxy) is 1. The van der Waals surface area contributed by atoms with E-state index in [2.05, 4.69) is 19.1 Å². The highest BCUT2D eigenvalue weighted by Crippen LogP contribution is 2.30. The molecule has 12 heavy (non-hydrogen) atoms. The molecule has 0 aliphatic carbocycles. The molecule has 1 nitrogen and oxygen atoms in total. The molecule has 0 fully saturated rings. The van der Waals surface area contributed by atoms with Gasteiger partial charge in [0.2, 0.25) is 0 Å². The summed E-state index contributed by atoms with van der Waals surface area (Å²) in [7, 11) is 0. The van der Waals surface area contributed by atoms with Crippen molar-refractivity contribution in [2.45, 2.75) is 0 Å². The molecule has 1 aromatic heterocycles. The van der Waals surface area contributed by atoms with Gasteiger partial charge >= 0.3 is 0 Å². The van der Waals surface area contributed by atoms with Crippen LogP contribution in [0.4, 0.5) is 0 Å². The third kappa shape index (κ3) is 1.30. The molecule has 0 spiro atoms. The van der Waals surface area contributed by atoms with E-state index in [9.17, 15) is 0 Å². The minimum absolute atomic E-state index is 0.493. The van der Waals surface area contributed by atoms with E-state index >= 15 is 0 Å². The molecule has 1 heterocycles. The average Bonchev–Trinajstić information content (AvgIpc) is 2.47. The first-order valence-corrected chi connectivity index (χ1v) is 4.62. The highest BCUT2D eigenvalue weighted by atomic mass is 32.1. The minimum atomic E-state index is 0.493. The maximum Gasteiger partial charge on any atom is 0.174 e. The van der Waals surface area contributed by atoms with Gasteiger partial charge in [-0.25, -0.2) is 0 Å². The topological polar surface area (TPSA) is 9.23 Å². The van der Waals surface area contributed by atoms with Crippen molar-refractivity contribution in [2.75, 3.05) is 6.61 Å². The van der Waals surface area contributed by atoms with E-state index in [1.54, 1.807) is 11.3 Å². The van der Waals surface area contributed by atoms with E-state index < -0.39 is 0 Å². The molecular formula is C10H9OS. The summed E-state index contributed by atoms with van der Waals surface area (Å²) in [4.78, 5) is 0. The van der Waals surface area contributed by atoms with E-state index in [0.29, 0.717) is 6.61 Å². The number of thiophene rings is 1. The third-order valence-corrected chi connectivity index (χ3v) is 2.68. The van der Waals surface area contributed by atoms with Crippen LogP contribution < -0.4 is 4.74 Å². The Morgan fingerprint density at radius 3 is 2.92 bits per heavy atom. The Kier molecular flexibility index (Phi) is 2.00. The van der Waals surface area contributed by atoms with Gasteiger partial charge in [0, 0.05) is 4.70 Å². The number of hydrogen-bond donors (Lipinski definition) is 0. The highest BCUT2D eigenvalue weighted by molar-refractivity contribution is 7.20. The Labute approximate surface area is 75.6 Å². The molecule has 0 aliphatic rings. The Morgan fingerprint density at radius 1 is 1.33 bits per heavy atom. The second-order valence-electron chi connectivity index (χ2n) is 2.45. The van der Waals surface area contributed by atoms with Crippen molar-refractivity contribution in [3.63, 3.8) is 0 Å². The van der Waals surface area contributed by atoms with Crippen LogP contribution in [0, 0.1) is 6.92 Å². The zero-order valence-electron chi connectivity index (χ0n) is 6.62. The van der Waals surface area contributed by atoms with Crippen LogP contribution in [-0.2, 0) is 0 Å². The van der Waals surface area contributed by atoms with E-state index in [0.717, 1.165) is 5.06 Å². The second-order valence-corrected chi connectivity index (χ2v) is 3.50. The van der Waals surface area contributed by atoms with Gasteiger partial charge in [-0.2, -0.15) is 0 Å². The van der Waals surface area contributed by atoms with Gasteiger partial charge in [0.05, 0.1) is 6.61 Å². The molecule has 0 atom stereocenters. The Balaban J connectivity index is 2.47. The van der Waals surface area contributed by atoms with Crippen LogP contribution in [0.25, 0.3) is 10.1 Å². The van der Waals surface area contributed by atoms with Crippen LogP contribution in [0.15, 0.2) is 30.3 Å². The molecule has 0 amide bonds. The molecule has 0 N–H and O–H groups in total. The van der Waals surface area contributed by atoms with Crippen molar-refractivity contribution in [1.29, 1.82) is 0 Å². The van der Waals surface area contributed by atoms with Crippen molar-refractivity contribution in [1.82, 2.24) is 0 Å². The number of hydrogen-bond acceptors (Lipinski definition) is 2. The van der Waals surface area contributed by atoms with E-state index in [-0.39, 0.29) is 0 Å². The van der Waals surface area contributed by atoms with Gasteiger partial charge in [0.25, 0.3) is 0 Å². The monoisotopic (exact) mass is 177 g/mol. The van der Waals surface area contributed by atoms with E-state index in [1.165, 1.54) is 10.1 Å². The van der Waals surface area contributed by atoms with Crippen molar-refractivity contribution < 1.29 is 4.74 Å². The molecule has 61 valence electrons. The van der Waals surface area contributed by atoms with Gasteiger partial charge in [-0.1, -0.05) is 29.5 Å². The fraction of sp³-hybridized carbons (Fsp3) is 0.100. The zero-order valence-corrected chi connectivity index (χ0v) is 7.43. The summed E-state index contributed by atoms with van der Waals surface area (Å²) in [6.07, 6.45) is 0. The lowest BCUT2D eigenvalue weighted by Gasteiger charge is -1.93. The molecule has 1 radical (unpaired) electrons. The normalized spacial score (nSPS) is 10.4. The third-order valence-electron chi connectivity index (χ3n) is 1.65. The highest BCUT2D eigenvalue weighted by Gasteiger charge is 1.99. The summed E-state index contributed by atoms with van der Waals surface area (Å²) in [5.41, 5.74) is 0. The van der Waals surface area contributed by atoms with Crippen molar-refractivity contribution in [3.8, 4) is 5.06 Å². The molecule has 2 aromatic rings. The van der Waals surface area contributed by atoms with Crippen molar-refractivity contribution in [2.24, 2.45) is 0 Å². The first-order chi connectivity index (χ1) is 5.90. The number of fused-ring (bicyclic) bond motifs is 1. The summed E-state index contributed by atoms with van der Waals surface area (Å²) in [6, 6.07) is 10.3. The van der Waals surface area contributed by atoms with Crippen LogP contribution >= 0.6 is 11.3 Å². The average molecular weight is 177 g/mol. The summed E-state index contributed by atoms with van der Waals surface area (Å²) < 4.78 is 6.56. The fourth-order valence-corrected chi connectivity index (χ4v) is 2.07. The molecule has 0 bridgehead atoms. The predicted molar refractivity (Wildman–Crippen MR) is 52.7 cm³/mol. The SMILES string of the molecule is [CH2]COc1cc2ccccc2s1. The summed E-state index contributed by atoms with van der Waals surface area (Å²) in [6.45, 7) is 4.13. The fourth-order valence-electron chi connectivity index (χ4n) is 1.13. The van der Waals surface area contributed by atoms with Crippen LogP contribution in [0.1, 0.15) is 0 Å². The van der Waals surface area contributed by atoms with Crippen LogP contribution in [0.2, 0.25) is 0 Å². The summed E-state index contributed by atoms with van der Waals surface area (Å²) >= 11 is 1.66. The molecular weight excluding hydrogens is 168 g/mol. The Bertz CT molecular complexity index is 345. The van der Waals surface area contributed by atoms with Gasteiger partial charge in [-0.05, 0) is 24.4 Å². The van der Waals surface area contributed by atoms with Crippen molar-refractivity contribution in [3.05, 3.63) is 37.3 Å². The summed E-state index contributed by atoms with van der Waals surface area (Å²) in [5.74, 6) is 0. The molecule has 1 aromatic carbocycles. The lowest BCUT2D eigenvalue weighted by atomic mass is 10.3. The second kappa shape index (κ2) is 3.15. The Hall–Kier alpha value is -1.02. The van der Waals surface area contributed by atoms with Gasteiger partial charge < -0.3 is 4.74 Å². The van der Waals surface area contributed by atoms with Crippen LogP contribution in [0.5, 0.6) is 5.06 Å². The van der Waals surface area contributed by atoms with Gasteiger partial charge in [-0.15, -0.1) is 0 Å². The molecule has 0 aliphatic heterocycles. The molecule has 2 rings (SSSR count). The smallest absolute Gasteiger partial charge is 0.174 e. The lowest BCUT2D eigenvalue weighted by Crippen LogP contribution is -1.87. The maximum absolute atomic E-state index is 5.30. The van der Waals surface area contributed by atoms with Crippen LogP contribution in [-0.4, -0.2) is 6.61 Å².